The molecule has 0 bridgehead atoms. The van der Waals surface area contributed by atoms with Crippen molar-refractivity contribution in [2.24, 2.45) is 5.92 Å². The molecule has 0 unspecified atom stereocenters. The van der Waals surface area contributed by atoms with Crippen LogP contribution in [0.3, 0.4) is 0 Å². The molecule has 0 heterocycles. The molecule has 2 N–H and O–H groups in total. The largest absolute Gasteiger partial charge is 0.443 e. The van der Waals surface area contributed by atoms with E-state index in [0.29, 0.717) is 27.7 Å². The summed E-state index contributed by atoms with van der Waals surface area (Å²) in [5, 5.41) is 5.46. The summed E-state index contributed by atoms with van der Waals surface area (Å²) < 4.78 is 39.1. The van der Waals surface area contributed by atoms with Crippen LogP contribution in [-0.4, -0.2) is 39.5 Å². The van der Waals surface area contributed by atoms with Gasteiger partial charge in [0.2, 0.25) is 5.91 Å². The number of rotatable bonds is 6. The molecule has 0 aliphatic heterocycles. The lowest BCUT2D eigenvalue weighted by Crippen LogP contribution is -2.44. The maximum absolute atomic E-state index is 15.5. The molecule has 4 amide bonds. The van der Waals surface area contributed by atoms with E-state index in [0.717, 1.165) is 0 Å². The number of hydrogen-bond acceptors (Lipinski definition) is 6. The zero-order valence-corrected chi connectivity index (χ0v) is 30.6. The maximum Gasteiger partial charge on any atom is 0.424 e. The number of ether oxygens (including phenoxy) is 2. The van der Waals surface area contributed by atoms with Crippen LogP contribution in [0.5, 0.6) is 0 Å². The quantitative estimate of drug-likeness (QED) is 0.241. The number of amides is 4. The molecule has 49 heavy (non-hydrogen) atoms. The molecule has 1 aliphatic rings. The minimum atomic E-state index is -1.49. The van der Waals surface area contributed by atoms with Crippen molar-refractivity contribution in [1.29, 1.82) is 0 Å². The van der Waals surface area contributed by atoms with E-state index >= 15 is 4.39 Å². The van der Waals surface area contributed by atoms with Gasteiger partial charge >= 0.3 is 12.2 Å². The molecule has 9 nitrogen and oxygen atoms in total. The van der Waals surface area contributed by atoms with Crippen LogP contribution in [0.25, 0.3) is 0 Å². The first kappa shape index (κ1) is 38.5. The molecule has 0 saturated heterocycles. The summed E-state index contributed by atoms with van der Waals surface area (Å²) >= 11 is 31.4. The Morgan fingerprint density at radius 2 is 1.35 bits per heavy atom. The summed E-state index contributed by atoms with van der Waals surface area (Å²) in [4.78, 5) is 53.5. The van der Waals surface area contributed by atoms with Gasteiger partial charge in [-0.15, -0.1) is 23.2 Å². The highest BCUT2D eigenvalue weighted by molar-refractivity contribution is 6.53. The number of anilines is 3. The van der Waals surface area contributed by atoms with Crippen LogP contribution < -0.4 is 15.5 Å². The number of nitrogens with zero attached hydrogens (tertiary/aromatic N) is 1. The molecule has 0 aromatic heterocycles. The lowest BCUT2D eigenvalue weighted by atomic mass is 10.1. The molecule has 0 spiro atoms. The number of carbonyl (C=O) groups excluding carboxylic acids is 4. The minimum absolute atomic E-state index is 0.0910. The lowest BCUT2D eigenvalue weighted by Gasteiger charge is -2.29. The Hall–Kier alpha value is -3.35. The van der Waals surface area contributed by atoms with Gasteiger partial charge in [0, 0.05) is 27.7 Å². The fourth-order valence-corrected chi connectivity index (χ4v) is 6.34. The van der Waals surface area contributed by atoms with Crippen LogP contribution in [0, 0.1) is 17.6 Å². The second-order valence-electron chi connectivity index (χ2n) is 13.1. The molecule has 1 fully saturated rings. The van der Waals surface area contributed by atoms with E-state index in [9.17, 15) is 23.6 Å². The summed E-state index contributed by atoms with van der Waals surface area (Å²) in [7, 11) is 0. The van der Waals surface area contributed by atoms with Gasteiger partial charge in [-0.05, 0) is 89.6 Å². The molecular weight excluding hydrogens is 750 g/mol. The van der Waals surface area contributed by atoms with Gasteiger partial charge in [0.05, 0.1) is 22.2 Å². The molecular formula is C33H30Cl5F2N3O6. The molecule has 0 radical (unpaired) electrons. The summed E-state index contributed by atoms with van der Waals surface area (Å²) in [5.41, 5.74) is -3.42. The minimum Gasteiger partial charge on any atom is -0.443 e. The van der Waals surface area contributed by atoms with Gasteiger partial charge in [0.1, 0.15) is 27.0 Å². The van der Waals surface area contributed by atoms with Crippen molar-refractivity contribution < 1.29 is 37.4 Å². The van der Waals surface area contributed by atoms with E-state index in [1.807, 2.05) is 0 Å². The highest BCUT2D eigenvalue weighted by atomic mass is 35.5. The van der Waals surface area contributed by atoms with Crippen molar-refractivity contribution in [3.05, 3.63) is 86.4 Å². The zero-order valence-electron chi connectivity index (χ0n) is 26.8. The fourth-order valence-electron chi connectivity index (χ4n) is 4.77. The first-order valence-corrected chi connectivity index (χ1v) is 16.4. The first-order chi connectivity index (χ1) is 22.5. The van der Waals surface area contributed by atoms with E-state index in [2.05, 4.69) is 10.6 Å². The van der Waals surface area contributed by atoms with Crippen molar-refractivity contribution in [3.8, 4) is 0 Å². The Morgan fingerprint density at radius 1 is 0.796 bits per heavy atom. The predicted octanol–water partition coefficient (Wildman–Crippen LogP) is 10.4. The molecule has 1 saturated carbocycles. The standard InChI is InChI=1S/C33H30Cl5F2N3O6/c1-31(2,3)48-29(46)43(30(47)49-32(4,5)6)26-22(40)12-18(39)13-23(26)42-27(44)20-14-19(7-8-21(20)36)41-28(45)25-24(33(25,37)38)15-9-16(34)11-17(35)10-15/h7-14,24-25H,1-6H3,(H,41,45)(H,42,44)/t24-,25+/m0/s1. The van der Waals surface area contributed by atoms with Gasteiger partial charge in [0.15, 0.2) is 5.82 Å². The fraction of sp³-hybridized carbons (Fsp3) is 0.333. The molecule has 16 heteroatoms. The first-order valence-electron chi connectivity index (χ1n) is 14.5. The topological polar surface area (TPSA) is 114 Å². The van der Waals surface area contributed by atoms with E-state index in [-0.39, 0.29) is 21.2 Å². The summed E-state index contributed by atoms with van der Waals surface area (Å²) in [6, 6.07) is 9.68. The second-order valence-corrected chi connectivity index (χ2v) is 15.8. The van der Waals surface area contributed by atoms with Gasteiger partial charge in [-0.1, -0.05) is 34.8 Å². The third-order valence-corrected chi connectivity index (χ3v) is 8.42. The average Bonchev–Trinajstić information content (AvgIpc) is 3.50. The van der Waals surface area contributed by atoms with Crippen LogP contribution in [0.2, 0.25) is 15.1 Å². The molecule has 2 atom stereocenters. The Balaban J connectivity index is 1.65. The van der Waals surface area contributed by atoms with Crippen LogP contribution in [-0.2, 0) is 14.3 Å². The van der Waals surface area contributed by atoms with Crippen molar-refractivity contribution >= 4 is 99.1 Å². The number of carbonyl (C=O) groups is 4. The Morgan fingerprint density at radius 3 is 1.88 bits per heavy atom. The predicted molar refractivity (Wildman–Crippen MR) is 186 cm³/mol. The smallest absolute Gasteiger partial charge is 0.424 e. The molecule has 1 aliphatic carbocycles. The number of benzene rings is 3. The lowest BCUT2D eigenvalue weighted by molar-refractivity contribution is -0.117. The SMILES string of the molecule is CC(C)(C)OC(=O)N(C(=O)OC(C)(C)C)c1c(F)cc(F)cc1NC(=O)c1cc(NC(=O)[C@H]2[C@H](c3cc(Cl)cc(Cl)c3)C2(Cl)Cl)ccc1Cl. The number of hydrogen-bond donors (Lipinski definition) is 2. The summed E-state index contributed by atoms with van der Waals surface area (Å²) in [6.07, 6.45) is -2.72. The highest BCUT2D eigenvalue weighted by Gasteiger charge is 2.67. The summed E-state index contributed by atoms with van der Waals surface area (Å²) in [5.74, 6) is -5.75. The van der Waals surface area contributed by atoms with E-state index < -0.39 is 74.4 Å². The Kier molecular flexibility index (Phi) is 11.1. The van der Waals surface area contributed by atoms with Gasteiger partial charge < -0.3 is 20.1 Å². The molecule has 3 aromatic carbocycles. The van der Waals surface area contributed by atoms with Crippen molar-refractivity contribution in [1.82, 2.24) is 0 Å². The molecule has 262 valence electrons. The van der Waals surface area contributed by atoms with E-state index in [4.69, 9.17) is 67.5 Å². The van der Waals surface area contributed by atoms with Crippen molar-refractivity contribution in [3.63, 3.8) is 0 Å². The van der Waals surface area contributed by atoms with Gasteiger partial charge in [-0.3, -0.25) is 9.59 Å². The highest BCUT2D eigenvalue weighted by Crippen LogP contribution is 2.65. The maximum atomic E-state index is 15.5. The number of halogens is 7. The molecule has 3 aromatic rings. The summed E-state index contributed by atoms with van der Waals surface area (Å²) in [6.45, 7) is 9.04. The average molecular weight is 780 g/mol. The monoisotopic (exact) mass is 777 g/mol. The van der Waals surface area contributed by atoms with E-state index in [1.54, 1.807) is 12.1 Å². The van der Waals surface area contributed by atoms with Gasteiger partial charge in [0.25, 0.3) is 5.91 Å². The zero-order chi connectivity index (χ0) is 36.8. The number of alkyl halides is 2. The van der Waals surface area contributed by atoms with Crippen LogP contribution in [0.15, 0.2) is 48.5 Å². The molecule has 4 rings (SSSR count). The van der Waals surface area contributed by atoms with Gasteiger partial charge in [-0.25, -0.2) is 18.4 Å². The normalized spacial score (nSPS) is 16.8. The van der Waals surface area contributed by atoms with Crippen LogP contribution in [0.4, 0.5) is 35.4 Å². The third kappa shape index (κ3) is 9.26. The number of imide groups is 1. The second kappa shape index (κ2) is 14.1. The number of nitrogens with one attached hydrogen (secondary N) is 2. The van der Waals surface area contributed by atoms with E-state index in [1.165, 1.54) is 65.8 Å². The Bertz CT molecular complexity index is 1800. The van der Waals surface area contributed by atoms with Crippen LogP contribution >= 0.6 is 58.0 Å². The third-order valence-electron chi connectivity index (χ3n) is 6.71. The Labute approximate surface area is 306 Å². The van der Waals surface area contributed by atoms with Crippen LogP contribution in [0.1, 0.15) is 63.4 Å². The van der Waals surface area contributed by atoms with Gasteiger partial charge in [-0.2, -0.15) is 4.90 Å². The van der Waals surface area contributed by atoms with Crippen molar-refractivity contribution in [2.45, 2.75) is 63.0 Å². The van der Waals surface area contributed by atoms with Crippen molar-refractivity contribution in [2.75, 3.05) is 15.5 Å².